The van der Waals surface area contributed by atoms with Gasteiger partial charge in [-0.1, -0.05) is 6.07 Å². The Morgan fingerprint density at radius 1 is 1.29 bits per heavy atom. The molecule has 0 radical (unpaired) electrons. The molecule has 0 aromatic heterocycles. The molecule has 0 unspecified atom stereocenters. The Balaban J connectivity index is 2.05. The van der Waals surface area contributed by atoms with Gasteiger partial charge in [-0.05, 0) is 46.5 Å². The molecule has 0 saturated carbocycles. The molecule has 1 atom stereocenters. The van der Waals surface area contributed by atoms with E-state index in [-0.39, 0.29) is 17.6 Å². The third-order valence-electron chi connectivity index (χ3n) is 4.06. The number of rotatable bonds is 2. The zero-order chi connectivity index (χ0) is 15.0. The Hall–Kier alpha value is -1.62. The van der Waals surface area contributed by atoms with E-state index < -0.39 is 0 Å². The Labute approximate surface area is 131 Å². The number of hydrogen-bond acceptors (Lipinski definition) is 3. The number of carbonyl (C=O) groups is 2. The Morgan fingerprint density at radius 3 is 2.81 bits per heavy atom. The van der Waals surface area contributed by atoms with Gasteiger partial charge in [-0.2, -0.15) is 0 Å². The molecule has 1 heterocycles. The number of Topliss-reactive ketones (excluding diaryl/α,β-unsaturated/α-hetero) is 1. The fraction of sp³-hybridized carbons (Fsp3) is 0.375. The molecule has 5 heteroatoms. The lowest BCUT2D eigenvalue weighted by atomic mass is 9.78. The molecule has 1 N–H and O–H groups in total. The van der Waals surface area contributed by atoms with Crippen LogP contribution in [0.3, 0.4) is 0 Å². The van der Waals surface area contributed by atoms with Gasteiger partial charge in [0.25, 0.3) is 0 Å². The van der Waals surface area contributed by atoms with E-state index in [0.29, 0.717) is 12.8 Å². The lowest BCUT2D eigenvalue weighted by Crippen LogP contribution is -2.36. The number of ether oxygens (including phenoxy) is 1. The van der Waals surface area contributed by atoms with Gasteiger partial charge in [-0.15, -0.1) is 0 Å². The van der Waals surface area contributed by atoms with E-state index in [1.165, 1.54) is 0 Å². The van der Waals surface area contributed by atoms with E-state index in [2.05, 4.69) is 21.2 Å². The minimum atomic E-state index is -0.149. The smallest absolute Gasteiger partial charge is 0.225 e. The van der Waals surface area contributed by atoms with Crippen molar-refractivity contribution in [3.05, 3.63) is 39.5 Å². The largest absolute Gasteiger partial charge is 0.496 e. The maximum atomic E-state index is 12.3. The molecule has 110 valence electrons. The molecule has 2 aliphatic rings. The summed E-state index contributed by atoms with van der Waals surface area (Å²) in [5.41, 5.74) is 2.58. The zero-order valence-electron chi connectivity index (χ0n) is 11.7. The highest BCUT2D eigenvalue weighted by Gasteiger charge is 2.34. The van der Waals surface area contributed by atoms with E-state index in [1.54, 1.807) is 7.11 Å². The van der Waals surface area contributed by atoms with Crippen molar-refractivity contribution in [2.24, 2.45) is 0 Å². The molecule has 1 aliphatic heterocycles. The molecule has 0 spiro atoms. The summed E-state index contributed by atoms with van der Waals surface area (Å²) in [6.45, 7) is 0. The second kappa shape index (κ2) is 5.64. The second-order valence-electron chi connectivity index (χ2n) is 5.37. The predicted molar refractivity (Wildman–Crippen MR) is 82.1 cm³/mol. The van der Waals surface area contributed by atoms with E-state index in [4.69, 9.17) is 4.74 Å². The fourth-order valence-electron chi connectivity index (χ4n) is 3.09. The number of halogens is 1. The molecule has 1 aliphatic carbocycles. The average molecular weight is 350 g/mol. The molecular weight excluding hydrogens is 334 g/mol. The number of methoxy groups -OCH3 is 1. The molecule has 1 aromatic rings. The quantitative estimate of drug-likeness (QED) is 0.892. The lowest BCUT2D eigenvalue weighted by Gasteiger charge is -2.31. The average Bonchev–Trinajstić information content (AvgIpc) is 2.46. The number of benzene rings is 1. The van der Waals surface area contributed by atoms with E-state index in [0.717, 1.165) is 39.9 Å². The number of amides is 1. The molecule has 0 saturated heterocycles. The van der Waals surface area contributed by atoms with Gasteiger partial charge >= 0.3 is 0 Å². The summed E-state index contributed by atoms with van der Waals surface area (Å²) in [5.74, 6) is 0.737. The molecule has 3 rings (SSSR count). The SMILES string of the molecule is COc1ccc([C@H]2CC(=O)NC3=C2C(=O)CCC3)cc1Br. The Kier molecular flexibility index (Phi) is 3.85. The summed E-state index contributed by atoms with van der Waals surface area (Å²) < 4.78 is 6.06. The number of carbonyl (C=O) groups excluding carboxylic acids is 2. The van der Waals surface area contributed by atoms with Crippen LogP contribution in [0.15, 0.2) is 33.9 Å². The highest BCUT2D eigenvalue weighted by atomic mass is 79.9. The van der Waals surface area contributed by atoms with Gasteiger partial charge in [0, 0.05) is 30.0 Å². The summed E-state index contributed by atoms with van der Waals surface area (Å²) >= 11 is 3.47. The van der Waals surface area contributed by atoms with Crippen molar-refractivity contribution in [2.45, 2.75) is 31.6 Å². The summed E-state index contributed by atoms with van der Waals surface area (Å²) in [6.07, 6.45) is 2.49. The standard InChI is InChI=1S/C16H16BrNO3/c1-21-14-6-5-9(7-11(14)17)10-8-15(20)18-12-3-2-4-13(19)16(10)12/h5-7,10H,2-4,8H2,1H3,(H,18,20)/t10-/m1/s1. The first-order valence-electron chi connectivity index (χ1n) is 6.99. The molecule has 0 bridgehead atoms. The first-order chi connectivity index (χ1) is 10.1. The Bertz CT molecular complexity index is 651. The van der Waals surface area contributed by atoms with Crippen molar-refractivity contribution >= 4 is 27.6 Å². The monoisotopic (exact) mass is 349 g/mol. The Morgan fingerprint density at radius 2 is 2.10 bits per heavy atom. The summed E-state index contributed by atoms with van der Waals surface area (Å²) in [7, 11) is 1.61. The fourth-order valence-corrected chi connectivity index (χ4v) is 3.65. The zero-order valence-corrected chi connectivity index (χ0v) is 13.3. The second-order valence-corrected chi connectivity index (χ2v) is 6.22. The van der Waals surface area contributed by atoms with Crippen LogP contribution < -0.4 is 10.1 Å². The third kappa shape index (κ3) is 2.62. The van der Waals surface area contributed by atoms with Crippen molar-refractivity contribution in [3.63, 3.8) is 0 Å². The normalized spacial score (nSPS) is 21.9. The molecule has 21 heavy (non-hydrogen) atoms. The van der Waals surface area contributed by atoms with Crippen LogP contribution in [0.1, 0.15) is 37.2 Å². The van der Waals surface area contributed by atoms with Crippen molar-refractivity contribution in [3.8, 4) is 5.75 Å². The number of allylic oxidation sites excluding steroid dienone is 2. The number of ketones is 1. The van der Waals surface area contributed by atoms with Gasteiger partial charge in [-0.25, -0.2) is 0 Å². The predicted octanol–water partition coefficient (Wildman–Crippen LogP) is 3.07. The van der Waals surface area contributed by atoms with Crippen molar-refractivity contribution in [1.29, 1.82) is 0 Å². The van der Waals surface area contributed by atoms with Gasteiger partial charge in [-0.3, -0.25) is 9.59 Å². The third-order valence-corrected chi connectivity index (χ3v) is 4.68. The van der Waals surface area contributed by atoms with Crippen LogP contribution in [-0.4, -0.2) is 18.8 Å². The van der Waals surface area contributed by atoms with E-state index >= 15 is 0 Å². The van der Waals surface area contributed by atoms with Crippen LogP contribution in [0.5, 0.6) is 5.75 Å². The van der Waals surface area contributed by atoms with Gasteiger partial charge in [0.2, 0.25) is 5.91 Å². The molecular formula is C16H16BrNO3. The topological polar surface area (TPSA) is 55.4 Å². The molecule has 4 nitrogen and oxygen atoms in total. The van der Waals surface area contributed by atoms with Crippen molar-refractivity contribution in [1.82, 2.24) is 5.32 Å². The highest BCUT2D eigenvalue weighted by Crippen LogP contribution is 2.39. The van der Waals surface area contributed by atoms with Crippen LogP contribution in [0.25, 0.3) is 0 Å². The lowest BCUT2D eigenvalue weighted by molar-refractivity contribution is -0.122. The van der Waals surface area contributed by atoms with Crippen LogP contribution in [0.2, 0.25) is 0 Å². The van der Waals surface area contributed by atoms with E-state index in [1.807, 2.05) is 18.2 Å². The molecule has 1 amide bonds. The number of nitrogens with one attached hydrogen (secondary N) is 1. The maximum Gasteiger partial charge on any atom is 0.225 e. The highest BCUT2D eigenvalue weighted by molar-refractivity contribution is 9.10. The van der Waals surface area contributed by atoms with Crippen LogP contribution in [0, 0.1) is 0 Å². The summed E-state index contributed by atoms with van der Waals surface area (Å²) in [6, 6.07) is 5.73. The van der Waals surface area contributed by atoms with Crippen molar-refractivity contribution < 1.29 is 14.3 Å². The van der Waals surface area contributed by atoms with Gasteiger partial charge in [0.05, 0.1) is 11.6 Å². The summed E-state index contributed by atoms with van der Waals surface area (Å²) in [5, 5.41) is 2.87. The minimum absolute atomic E-state index is 0.0135. The number of hydrogen-bond donors (Lipinski definition) is 1. The van der Waals surface area contributed by atoms with Crippen LogP contribution >= 0.6 is 15.9 Å². The molecule has 1 aromatic carbocycles. The maximum absolute atomic E-state index is 12.3. The van der Waals surface area contributed by atoms with Gasteiger partial charge < -0.3 is 10.1 Å². The van der Waals surface area contributed by atoms with Crippen LogP contribution in [0.4, 0.5) is 0 Å². The van der Waals surface area contributed by atoms with Gasteiger partial charge in [0.1, 0.15) is 5.75 Å². The van der Waals surface area contributed by atoms with Crippen LogP contribution in [-0.2, 0) is 9.59 Å². The van der Waals surface area contributed by atoms with Crippen molar-refractivity contribution in [2.75, 3.05) is 7.11 Å². The minimum Gasteiger partial charge on any atom is -0.496 e. The summed E-state index contributed by atoms with van der Waals surface area (Å²) in [4.78, 5) is 24.2. The first-order valence-corrected chi connectivity index (χ1v) is 7.79. The first kappa shape index (κ1) is 14.3. The van der Waals surface area contributed by atoms with E-state index in [9.17, 15) is 9.59 Å². The molecule has 0 fully saturated rings. The van der Waals surface area contributed by atoms with Gasteiger partial charge in [0.15, 0.2) is 5.78 Å².